The van der Waals surface area contributed by atoms with Crippen molar-refractivity contribution in [2.24, 2.45) is 11.8 Å². The highest BCUT2D eigenvalue weighted by Gasteiger charge is 2.49. The van der Waals surface area contributed by atoms with E-state index in [2.05, 4.69) is 21.2 Å². The zero-order valence-corrected chi connectivity index (χ0v) is 17.6. The van der Waals surface area contributed by atoms with Crippen LogP contribution >= 0.6 is 0 Å². The van der Waals surface area contributed by atoms with Gasteiger partial charge in [-0.25, -0.2) is 9.37 Å². The smallest absolute Gasteiger partial charge is 0.227 e. The van der Waals surface area contributed by atoms with Crippen LogP contribution in [0.25, 0.3) is 10.9 Å². The van der Waals surface area contributed by atoms with Gasteiger partial charge >= 0.3 is 0 Å². The molecule has 3 aromatic rings. The van der Waals surface area contributed by atoms with Gasteiger partial charge in [0, 0.05) is 11.6 Å². The van der Waals surface area contributed by atoms with E-state index in [1.165, 1.54) is 12.3 Å². The second-order valence-corrected chi connectivity index (χ2v) is 9.18. The number of nitrogens with zero attached hydrogens (tertiary/aromatic N) is 2. The van der Waals surface area contributed by atoms with Crippen molar-refractivity contribution >= 4 is 22.5 Å². The molecule has 2 fully saturated rings. The number of rotatable bonds is 4. The molecule has 1 aromatic carbocycles. The zero-order chi connectivity index (χ0) is 22.3. The van der Waals surface area contributed by atoms with Gasteiger partial charge in [-0.15, -0.1) is 6.42 Å². The summed E-state index contributed by atoms with van der Waals surface area (Å²) in [5.41, 5.74) is 2.01. The van der Waals surface area contributed by atoms with Gasteiger partial charge in [0.25, 0.3) is 0 Å². The van der Waals surface area contributed by atoms with Gasteiger partial charge in [-0.1, -0.05) is 5.92 Å². The van der Waals surface area contributed by atoms with Crippen molar-refractivity contribution in [3.63, 3.8) is 0 Å². The summed E-state index contributed by atoms with van der Waals surface area (Å²) < 4.78 is 13.8. The summed E-state index contributed by atoms with van der Waals surface area (Å²) in [5, 5.41) is 14.8. The summed E-state index contributed by atoms with van der Waals surface area (Å²) in [6.45, 7) is 0. The predicted octanol–water partition coefficient (Wildman–Crippen LogP) is 4.41. The Morgan fingerprint density at radius 1 is 1.19 bits per heavy atom. The molecule has 2 aromatic heterocycles. The van der Waals surface area contributed by atoms with Gasteiger partial charge in [0.1, 0.15) is 11.5 Å². The minimum Gasteiger partial charge on any atom is -0.389 e. The van der Waals surface area contributed by atoms with Crippen molar-refractivity contribution < 1.29 is 14.3 Å². The van der Waals surface area contributed by atoms with Crippen molar-refractivity contribution in [1.29, 1.82) is 0 Å². The van der Waals surface area contributed by atoms with Gasteiger partial charge in [0.15, 0.2) is 0 Å². The third kappa shape index (κ3) is 3.96. The highest BCUT2D eigenvalue weighted by Crippen LogP contribution is 2.55. The van der Waals surface area contributed by atoms with Gasteiger partial charge in [0.05, 0.1) is 29.4 Å². The van der Waals surface area contributed by atoms with Gasteiger partial charge in [0.2, 0.25) is 5.91 Å². The number of nitrogens with one attached hydrogen (secondary N) is 1. The third-order valence-electron chi connectivity index (χ3n) is 6.99. The monoisotopic (exact) mass is 429 g/mol. The van der Waals surface area contributed by atoms with Crippen LogP contribution in [0.4, 0.5) is 10.1 Å². The molecule has 0 spiro atoms. The van der Waals surface area contributed by atoms with Crippen molar-refractivity contribution in [2.45, 2.75) is 43.6 Å². The van der Waals surface area contributed by atoms with E-state index in [4.69, 9.17) is 6.42 Å². The van der Waals surface area contributed by atoms with Crippen LogP contribution in [-0.4, -0.2) is 26.6 Å². The number of aromatic nitrogens is 2. The maximum absolute atomic E-state index is 13.8. The molecule has 1 amide bonds. The zero-order valence-electron chi connectivity index (χ0n) is 17.6. The molecule has 3 unspecified atom stereocenters. The fourth-order valence-electron chi connectivity index (χ4n) is 5.72. The number of pyridine rings is 2. The van der Waals surface area contributed by atoms with Crippen LogP contribution in [0.5, 0.6) is 0 Å². The molecule has 0 aliphatic heterocycles. The minimum absolute atomic E-state index is 0.0605. The lowest BCUT2D eigenvalue weighted by atomic mass is 9.87. The van der Waals surface area contributed by atoms with Gasteiger partial charge < -0.3 is 10.4 Å². The Kier molecular flexibility index (Phi) is 5.15. The van der Waals surface area contributed by atoms with E-state index in [-0.39, 0.29) is 18.1 Å². The maximum atomic E-state index is 13.8. The first-order valence-corrected chi connectivity index (χ1v) is 10.9. The van der Waals surface area contributed by atoms with Crippen LogP contribution in [0.3, 0.4) is 0 Å². The average Bonchev–Trinajstić information content (AvgIpc) is 3.28. The highest BCUT2D eigenvalue weighted by atomic mass is 19.1. The molecule has 6 heteroatoms. The molecule has 2 aliphatic carbocycles. The third-order valence-corrected chi connectivity index (χ3v) is 6.99. The maximum Gasteiger partial charge on any atom is 0.227 e. The molecule has 2 saturated carbocycles. The van der Waals surface area contributed by atoms with E-state index < -0.39 is 5.60 Å². The SMILES string of the molecule is C#Cc1ccc(NC(=O)CC2(O)CC3CC(c4ccnc5ccc(F)cc45)C[C@H]3C2)cn1. The van der Waals surface area contributed by atoms with Crippen molar-refractivity contribution in [3.8, 4) is 12.3 Å². The van der Waals surface area contributed by atoms with Crippen LogP contribution in [0.1, 0.15) is 49.3 Å². The highest BCUT2D eigenvalue weighted by molar-refractivity contribution is 5.91. The Hall–Kier alpha value is -3.30. The number of aliphatic hydroxyl groups is 1. The first-order valence-electron chi connectivity index (χ1n) is 10.9. The lowest BCUT2D eigenvalue weighted by molar-refractivity contribution is -0.121. The molecule has 5 nitrogen and oxygen atoms in total. The molecule has 5 rings (SSSR count). The number of fused-ring (bicyclic) bond motifs is 2. The van der Waals surface area contributed by atoms with Crippen LogP contribution in [0.15, 0.2) is 48.8 Å². The summed E-state index contributed by atoms with van der Waals surface area (Å²) in [7, 11) is 0. The topological polar surface area (TPSA) is 75.1 Å². The average molecular weight is 429 g/mol. The van der Waals surface area contributed by atoms with Crippen molar-refractivity contribution in [2.75, 3.05) is 5.32 Å². The van der Waals surface area contributed by atoms with Crippen LogP contribution in [-0.2, 0) is 4.79 Å². The second-order valence-electron chi connectivity index (χ2n) is 9.18. The molecular formula is C26H24FN3O2. The number of anilines is 1. The number of carbonyl (C=O) groups is 1. The van der Waals surface area contributed by atoms with Crippen LogP contribution in [0, 0.1) is 30.0 Å². The number of hydrogen-bond acceptors (Lipinski definition) is 4. The Bertz CT molecular complexity index is 1200. The van der Waals surface area contributed by atoms with Crippen LogP contribution < -0.4 is 5.32 Å². The van der Waals surface area contributed by atoms with Crippen LogP contribution in [0.2, 0.25) is 0 Å². The Balaban J connectivity index is 1.24. The lowest BCUT2D eigenvalue weighted by Crippen LogP contribution is -2.32. The normalized spacial score (nSPS) is 26.6. The standard InChI is InChI=1S/C26H24FN3O2/c1-2-20-4-5-21(15-29-20)30-25(31)14-26(32)12-17-9-16(10-18(17)13-26)22-7-8-28-24-6-3-19(27)11-23(22)24/h1,3-8,11,15-18,32H,9-10,12-14H2,(H,30,31)/t16?,17-,18?,26?/m0/s1. The molecule has 4 atom stereocenters. The van der Waals surface area contributed by atoms with E-state index >= 15 is 0 Å². The largest absolute Gasteiger partial charge is 0.389 e. The quantitative estimate of drug-likeness (QED) is 0.603. The van der Waals surface area contributed by atoms with E-state index in [1.807, 2.05) is 6.07 Å². The first kappa shape index (κ1) is 20.6. The molecule has 2 heterocycles. The molecule has 0 bridgehead atoms. The molecule has 0 radical (unpaired) electrons. The summed E-state index contributed by atoms with van der Waals surface area (Å²) in [6, 6.07) is 10.1. The fourth-order valence-corrected chi connectivity index (χ4v) is 5.72. The number of terminal acetylenes is 1. The van der Waals surface area contributed by atoms with E-state index in [0.717, 1.165) is 29.3 Å². The molecule has 32 heavy (non-hydrogen) atoms. The summed E-state index contributed by atoms with van der Waals surface area (Å²) in [5.74, 6) is 2.98. The number of benzene rings is 1. The van der Waals surface area contributed by atoms with Crippen molar-refractivity contribution in [1.82, 2.24) is 9.97 Å². The predicted molar refractivity (Wildman–Crippen MR) is 120 cm³/mol. The lowest BCUT2D eigenvalue weighted by Gasteiger charge is -2.24. The molecule has 2 N–H and O–H groups in total. The second kappa shape index (κ2) is 7.99. The first-order chi connectivity index (χ1) is 15.4. The fraction of sp³-hybridized carbons (Fsp3) is 0.346. The van der Waals surface area contributed by atoms with E-state index in [9.17, 15) is 14.3 Å². The molecule has 2 aliphatic rings. The van der Waals surface area contributed by atoms with Gasteiger partial charge in [-0.05, 0) is 85.4 Å². The van der Waals surface area contributed by atoms with Gasteiger partial charge in [-0.3, -0.25) is 9.78 Å². The van der Waals surface area contributed by atoms with E-state index in [1.54, 1.807) is 30.5 Å². The summed E-state index contributed by atoms with van der Waals surface area (Å²) >= 11 is 0. The molecular weight excluding hydrogens is 405 g/mol. The Labute approximate surface area is 186 Å². The minimum atomic E-state index is -0.997. The van der Waals surface area contributed by atoms with Gasteiger partial charge in [-0.2, -0.15) is 0 Å². The number of carbonyl (C=O) groups excluding carboxylic acids is 1. The summed E-state index contributed by atoms with van der Waals surface area (Å²) in [4.78, 5) is 21.0. The number of hydrogen-bond donors (Lipinski definition) is 2. The van der Waals surface area contributed by atoms with E-state index in [0.29, 0.717) is 42.0 Å². The molecule has 162 valence electrons. The number of halogens is 1. The Morgan fingerprint density at radius 2 is 1.97 bits per heavy atom. The number of amides is 1. The summed E-state index contributed by atoms with van der Waals surface area (Å²) in [6.07, 6.45) is 11.7. The van der Waals surface area contributed by atoms with Crippen molar-refractivity contribution in [3.05, 3.63) is 65.9 Å². The molecule has 0 saturated heterocycles. The Morgan fingerprint density at radius 3 is 2.66 bits per heavy atom.